The van der Waals surface area contributed by atoms with Crippen molar-refractivity contribution in [3.63, 3.8) is 0 Å². The van der Waals surface area contributed by atoms with Crippen LogP contribution in [0.25, 0.3) is 0 Å². The Morgan fingerprint density at radius 3 is 2.45 bits per heavy atom. The molecule has 1 saturated heterocycles. The largest absolute Gasteiger partial charge is 0.391 e. The van der Waals surface area contributed by atoms with Crippen molar-refractivity contribution >= 4 is 5.91 Å². The van der Waals surface area contributed by atoms with Crippen LogP contribution < -0.4 is 5.32 Å². The number of nitrogens with one attached hydrogen (secondary N) is 1. The lowest BCUT2D eigenvalue weighted by molar-refractivity contribution is -0.187. The lowest BCUT2D eigenvalue weighted by atomic mass is 9.80. The van der Waals surface area contributed by atoms with Crippen LogP contribution in [0.1, 0.15) is 51.9 Å². The van der Waals surface area contributed by atoms with Crippen LogP contribution in [0.3, 0.4) is 0 Å². The molecule has 1 aliphatic carbocycles. The molecular formula is C16H27F3N2O. The van der Waals surface area contributed by atoms with E-state index in [1.807, 2.05) is 11.8 Å². The number of carbonyl (C=O) groups excluding carboxylic acids is 1. The Labute approximate surface area is 130 Å². The topological polar surface area (TPSA) is 32.3 Å². The van der Waals surface area contributed by atoms with Gasteiger partial charge in [-0.2, -0.15) is 13.2 Å². The minimum atomic E-state index is -4.16. The average Bonchev–Trinajstić information content (AvgIpc) is 2.52. The standard InChI is InChI=1S/C16H27F3N2O/c1-2-10-21(14-6-8-20-9-7-14)15(22)12-4-3-5-13(11-12)16(17,18)19/h12-14,20H,2-11H2,1H3. The van der Waals surface area contributed by atoms with E-state index in [2.05, 4.69) is 5.32 Å². The molecule has 2 rings (SSSR count). The number of amides is 1. The van der Waals surface area contributed by atoms with Crippen molar-refractivity contribution in [1.29, 1.82) is 0 Å². The Morgan fingerprint density at radius 2 is 1.86 bits per heavy atom. The summed E-state index contributed by atoms with van der Waals surface area (Å²) in [5.41, 5.74) is 0. The van der Waals surface area contributed by atoms with E-state index in [0.717, 1.165) is 32.4 Å². The summed E-state index contributed by atoms with van der Waals surface area (Å²) in [5, 5.41) is 3.27. The molecule has 1 amide bonds. The molecule has 1 aliphatic heterocycles. The van der Waals surface area contributed by atoms with Crippen molar-refractivity contribution in [2.45, 2.75) is 64.1 Å². The minimum Gasteiger partial charge on any atom is -0.339 e. The van der Waals surface area contributed by atoms with Gasteiger partial charge in [-0.25, -0.2) is 0 Å². The van der Waals surface area contributed by atoms with Crippen LogP contribution in [0.15, 0.2) is 0 Å². The fourth-order valence-electron chi connectivity index (χ4n) is 3.78. The van der Waals surface area contributed by atoms with Crippen LogP contribution >= 0.6 is 0 Å². The zero-order valence-electron chi connectivity index (χ0n) is 13.3. The molecule has 2 atom stereocenters. The van der Waals surface area contributed by atoms with Crippen molar-refractivity contribution in [2.75, 3.05) is 19.6 Å². The van der Waals surface area contributed by atoms with E-state index in [0.29, 0.717) is 19.4 Å². The monoisotopic (exact) mass is 320 g/mol. The maximum atomic E-state index is 12.9. The van der Waals surface area contributed by atoms with E-state index < -0.39 is 18.0 Å². The van der Waals surface area contributed by atoms with Crippen LogP contribution in [-0.2, 0) is 4.79 Å². The zero-order chi connectivity index (χ0) is 16.2. The fourth-order valence-corrected chi connectivity index (χ4v) is 3.78. The van der Waals surface area contributed by atoms with E-state index in [1.54, 1.807) is 0 Å². The number of alkyl halides is 3. The van der Waals surface area contributed by atoms with E-state index in [1.165, 1.54) is 0 Å². The predicted molar refractivity (Wildman–Crippen MR) is 79.4 cm³/mol. The van der Waals surface area contributed by atoms with Gasteiger partial charge in [0.2, 0.25) is 5.91 Å². The number of hydrogen-bond acceptors (Lipinski definition) is 2. The quantitative estimate of drug-likeness (QED) is 0.861. The summed E-state index contributed by atoms with van der Waals surface area (Å²) >= 11 is 0. The Kier molecular flexibility index (Phi) is 6.12. The highest BCUT2D eigenvalue weighted by Gasteiger charge is 2.44. The van der Waals surface area contributed by atoms with Crippen molar-refractivity contribution in [2.24, 2.45) is 11.8 Å². The molecule has 0 radical (unpaired) electrons. The molecule has 6 heteroatoms. The maximum absolute atomic E-state index is 12.9. The van der Waals surface area contributed by atoms with Crippen LogP contribution in [0.2, 0.25) is 0 Å². The number of nitrogens with zero attached hydrogens (tertiary/aromatic N) is 1. The van der Waals surface area contributed by atoms with Crippen LogP contribution in [0.4, 0.5) is 13.2 Å². The minimum absolute atomic E-state index is 0.0203. The maximum Gasteiger partial charge on any atom is 0.391 e. The Hall–Kier alpha value is -0.780. The molecule has 2 fully saturated rings. The van der Waals surface area contributed by atoms with Crippen molar-refractivity contribution in [3.05, 3.63) is 0 Å². The summed E-state index contributed by atoms with van der Waals surface area (Å²) < 4.78 is 38.8. The van der Waals surface area contributed by atoms with Gasteiger partial charge >= 0.3 is 6.18 Å². The van der Waals surface area contributed by atoms with Gasteiger partial charge in [-0.05, 0) is 51.6 Å². The highest BCUT2D eigenvalue weighted by atomic mass is 19.4. The molecule has 1 heterocycles. The summed E-state index contributed by atoms with van der Waals surface area (Å²) in [6, 6.07) is 0.194. The summed E-state index contributed by atoms with van der Waals surface area (Å²) in [5.74, 6) is -1.78. The van der Waals surface area contributed by atoms with E-state index in [9.17, 15) is 18.0 Å². The Morgan fingerprint density at radius 1 is 1.18 bits per heavy atom. The van der Waals surface area contributed by atoms with E-state index >= 15 is 0 Å². The SMILES string of the molecule is CCCN(C(=O)C1CCCC(C(F)(F)F)C1)C1CCNCC1. The Bertz CT molecular complexity index is 367. The van der Waals surface area contributed by atoms with Gasteiger partial charge < -0.3 is 10.2 Å². The van der Waals surface area contributed by atoms with Gasteiger partial charge in [0, 0.05) is 18.5 Å². The number of rotatable bonds is 4. The third-order valence-electron chi connectivity index (χ3n) is 4.98. The average molecular weight is 320 g/mol. The van der Waals surface area contributed by atoms with Gasteiger partial charge in [-0.3, -0.25) is 4.79 Å². The molecule has 22 heavy (non-hydrogen) atoms. The highest BCUT2D eigenvalue weighted by molar-refractivity contribution is 5.79. The van der Waals surface area contributed by atoms with Gasteiger partial charge in [-0.15, -0.1) is 0 Å². The first-order chi connectivity index (χ1) is 10.4. The molecule has 0 aromatic heterocycles. The number of hydrogen-bond donors (Lipinski definition) is 1. The van der Waals surface area contributed by atoms with E-state index in [4.69, 9.17) is 0 Å². The molecule has 128 valence electrons. The fraction of sp³-hybridized carbons (Fsp3) is 0.938. The number of piperidine rings is 1. The van der Waals surface area contributed by atoms with Crippen molar-refractivity contribution in [1.82, 2.24) is 10.2 Å². The molecule has 1 N–H and O–H groups in total. The van der Waals surface area contributed by atoms with Crippen LogP contribution in [0, 0.1) is 11.8 Å². The van der Waals surface area contributed by atoms with E-state index in [-0.39, 0.29) is 24.8 Å². The highest BCUT2D eigenvalue weighted by Crippen LogP contribution is 2.40. The normalized spacial score (nSPS) is 27.6. The second-order valence-electron chi connectivity index (χ2n) is 6.61. The molecular weight excluding hydrogens is 293 g/mol. The summed E-state index contributed by atoms with van der Waals surface area (Å²) in [6.45, 7) is 4.44. The summed E-state index contributed by atoms with van der Waals surface area (Å²) in [7, 11) is 0. The molecule has 2 unspecified atom stereocenters. The summed E-state index contributed by atoms with van der Waals surface area (Å²) in [6.07, 6.45) is -0.234. The third kappa shape index (κ3) is 4.37. The number of halogens is 3. The Balaban J connectivity index is 2.02. The third-order valence-corrected chi connectivity index (χ3v) is 4.98. The molecule has 2 aliphatic rings. The van der Waals surface area contributed by atoms with Crippen LogP contribution in [0.5, 0.6) is 0 Å². The van der Waals surface area contributed by atoms with Crippen molar-refractivity contribution < 1.29 is 18.0 Å². The summed E-state index contributed by atoms with van der Waals surface area (Å²) in [4.78, 5) is 14.7. The first kappa shape index (κ1) is 17.6. The molecule has 1 saturated carbocycles. The second-order valence-corrected chi connectivity index (χ2v) is 6.61. The van der Waals surface area contributed by atoms with Gasteiger partial charge in [0.05, 0.1) is 5.92 Å². The lowest BCUT2D eigenvalue weighted by Crippen LogP contribution is -2.49. The first-order valence-corrected chi connectivity index (χ1v) is 8.51. The van der Waals surface area contributed by atoms with Gasteiger partial charge in [0.25, 0.3) is 0 Å². The van der Waals surface area contributed by atoms with Gasteiger partial charge in [-0.1, -0.05) is 13.3 Å². The smallest absolute Gasteiger partial charge is 0.339 e. The molecule has 0 aromatic rings. The first-order valence-electron chi connectivity index (χ1n) is 8.51. The van der Waals surface area contributed by atoms with Crippen molar-refractivity contribution in [3.8, 4) is 0 Å². The second kappa shape index (κ2) is 7.66. The lowest BCUT2D eigenvalue weighted by Gasteiger charge is -2.39. The molecule has 0 aromatic carbocycles. The predicted octanol–water partition coefficient (Wildman–Crippen LogP) is 3.35. The zero-order valence-corrected chi connectivity index (χ0v) is 13.3. The molecule has 0 spiro atoms. The number of carbonyl (C=O) groups is 1. The molecule has 3 nitrogen and oxygen atoms in total. The van der Waals surface area contributed by atoms with Gasteiger partial charge in [0.15, 0.2) is 0 Å². The van der Waals surface area contributed by atoms with Crippen LogP contribution in [-0.4, -0.2) is 42.7 Å². The van der Waals surface area contributed by atoms with Gasteiger partial charge in [0.1, 0.15) is 0 Å². The molecule has 0 bridgehead atoms.